The summed E-state index contributed by atoms with van der Waals surface area (Å²) in [5, 5.41) is 10.3. The number of hydrogen-bond donors (Lipinski definition) is 1. The van der Waals surface area contributed by atoms with Gasteiger partial charge in [-0.1, -0.05) is 25.8 Å². The van der Waals surface area contributed by atoms with Gasteiger partial charge in [0.2, 0.25) is 0 Å². The van der Waals surface area contributed by atoms with Gasteiger partial charge in [0.25, 0.3) is 0 Å². The Morgan fingerprint density at radius 3 is 2.56 bits per heavy atom. The van der Waals surface area contributed by atoms with Crippen LogP contribution in [0.25, 0.3) is 0 Å². The van der Waals surface area contributed by atoms with Crippen molar-refractivity contribution in [2.45, 2.75) is 45.6 Å². The SMILES string of the molecule is Cc1cccc(C(O)C2CCC(C)CC2)n1. The predicted octanol–water partition coefficient (Wildman–Crippen LogP) is 3.25. The van der Waals surface area contributed by atoms with E-state index >= 15 is 0 Å². The van der Waals surface area contributed by atoms with Crippen LogP contribution in [-0.2, 0) is 0 Å². The normalized spacial score (nSPS) is 27.7. The maximum atomic E-state index is 10.3. The van der Waals surface area contributed by atoms with Crippen molar-refractivity contribution < 1.29 is 5.11 Å². The van der Waals surface area contributed by atoms with E-state index in [0.29, 0.717) is 5.92 Å². The number of hydrogen-bond acceptors (Lipinski definition) is 2. The minimum atomic E-state index is -0.368. The predicted molar refractivity (Wildman–Crippen MR) is 65.1 cm³/mol. The van der Waals surface area contributed by atoms with Crippen molar-refractivity contribution >= 4 is 0 Å². The molecule has 0 aliphatic heterocycles. The number of aliphatic hydroxyl groups is 1. The van der Waals surface area contributed by atoms with Crippen molar-refractivity contribution in [3.05, 3.63) is 29.6 Å². The monoisotopic (exact) mass is 219 g/mol. The highest BCUT2D eigenvalue weighted by atomic mass is 16.3. The van der Waals surface area contributed by atoms with E-state index in [2.05, 4.69) is 11.9 Å². The lowest BCUT2D eigenvalue weighted by molar-refractivity contribution is 0.0720. The van der Waals surface area contributed by atoms with Crippen molar-refractivity contribution in [3.63, 3.8) is 0 Å². The molecule has 1 N–H and O–H groups in total. The van der Waals surface area contributed by atoms with E-state index in [1.165, 1.54) is 12.8 Å². The van der Waals surface area contributed by atoms with Gasteiger partial charge in [-0.2, -0.15) is 0 Å². The summed E-state index contributed by atoms with van der Waals surface area (Å²) >= 11 is 0. The number of pyridine rings is 1. The molecule has 1 unspecified atom stereocenters. The van der Waals surface area contributed by atoms with Gasteiger partial charge < -0.3 is 5.11 Å². The molecule has 1 aromatic rings. The van der Waals surface area contributed by atoms with Crippen LogP contribution < -0.4 is 0 Å². The van der Waals surface area contributed by atoms with E-state index in [9.17, 15) is 5.11 Å². The molecule has 0 aromatic carbocycles. The molecular formula is C14H21NO. The van der Waals surface area contributed by atoms with Crippen LogP contribution in [0.15, 0.2) is 18.2 Å². The first-order chi connectivity index (χ1) is 7.66. The Bertz CT molecular complexity index is 342. The number of aryl methyl sites for hydroxylation is 1. The van der Waals surface area contributed by atoms with Crippen LogP contribution in [0.4, 0.5) is 0 Å². The van der Waals surface area contributed by atoms with Crippen molar-refractivity contribution in [2.24, 2.45) is 11.8 Å². The Labute approximate surface area is 97.7 Å². The van der Waals surface area contributed by atoms with Crippen molar-refractivity contribution in [1.82, 2.24) is 4.98 Å². The third-order valence-corrected chi connectivity index (χ3v) is 3.72. The molecule has 1 atom stereocenters. The fourth-order valence-corrected chi connectivity index (χ4v) is 2.57. The summed E-state index contributed by atoms with van der Waals surface area (Å²) in [4.78, 5) is 4.42. The lowest BCUT2D eigenvalue weighted by Gasteiger charge is -2.29. The summed E-state index contributed by atoms with van der Waals surface area (Å²) in [5.41, 5.74) is 1.83. The van der Waals surface area contributed by atoms with E-state index < -0.39 is 0 Å². The van der Waals surface area contributed by atoms with Crippen molar-refractivity contribution in [2.75, 3.05) is 0 Å². The van der Waals surface area contributed by atoms with E-state index in [0.717, 1.165) is 30.1 Å². The second kappa shape index (κ2) is 4.96. The molecule has 1 aliphatic rings. The molecule has 0 amide bonds. The molecule has 0 bridgehead atoms. The molecule has 1 aromatic heterocycles. The van der Waals surface area contributed by atoms with Gasteiger partial charge in [-0.15, -0.1) is 0 Å². The third kappa shape index (κ3) is 2.62. The topological polar surface area (TPSA) is 33.1 Å². The molecule has 0 spiro atoms. The molecule has 88 valence electrons. The second-order valence-electron chi connectivity index (χ2n) is 5.17. The fourth-order valence-electron chi connectivity index (χ4n) is 2.57. The van der Waals surface area contributed by atoms with Crippen LogP contribution >= 0.6 is 0 Å². The van der Waals surface area contributed by atoms with Gasteiger partial charge in [-0.25, -0.2) is 0 Å². The molecule has 2 heteroatoms. The van der Waals surface area contributed by atoms with E-state index in [1.807, 2.05) is 25.1 Å². The quantitative estimate of drug-likeness (QED) is 0.828. The number of nitrogens with zero attached hydrogens (tertiary/aromatic N) is 1. The van der Waals surface area contributed by atoms with Crippen LogP contribution in [-0.4, -0.2) is 10.1 Å². The molecule has 1 heterocycles. The molecule has 0 saturated heterocycles. The Hall–Kier alpha value is -0.890. The van der Waals surface area contributed by atoms with Crippen molar-refractivity contribution in [1.29, 1.82) is 0 Å². The summed E-state index contributed by atoms with van der Waals surface area (Å²) in [6.07, 6.45) is 4.39. The summed E-state index contributed by atoms with van der Waals surface area (Å²) < 4.78 is 0. The summed E-state index contributed by atoms with van der Waals surface area (Å²) in [5.74, 6) is 1.24. The Kier molecular flexibility index (Phi) is 3.59. The first-order valence-corrected chi connectivity index (χ1v) is 6.28. The van der Waals surface area contributed by atoms with Gasteiger partial charge in [-0.05, 0) is 43.7 Å². The van der Waals surface area contributed by atoms with Crippen LogP contribution in [0.1, 0.15) is 50.1 Å². The molecule has 1 fully saturated rings. The maximum Gasteiger partial charge on any atom is 0.0987 e. The zero-order valence-corrected chi connectivity index (χ0v) is 10.2. The highest BCUT2D eigenvalue weighted by Gasteiger charge is 2.26. The first kappa shape index (κ1) is 11.6. The maximum absolute atomic E-state index is 10.3. The second-order valence-corrected chi connectivity index (χ2v) is 5.17. The molecule has 1 saturated carbocycles. The van der Waals surface area contributed by atoms with E-state index in [-0.39, 0.29) is 6.10 Å². The Morgan fingerprint density at radius 2 is 1.94 bits per heavy atom. The summed E-state index contributed by atoms with van der Waals surface area (Å²) in [6, 6.07) is 5.89. The highest BCUT2D eigenvalue weighted by molar-refractivity contribution is 5.12. The first-order valence-electron chi connectivity index (χ1n) is 6.28. The highest BCUT2D eigenvalue weighted by Crippen LogP contribution is 2.35. The van der Waals surface area contributed by atoms with Gasteiger partial charge in [0.1, 0.15) is 0 Å². The van der Waals surface area contributed by atoms with Crippen molar-refractivity contribution in [3.8, 4) is 0 Å². The smallest absolute Gasteiger partial charge is 0.0987 e. The molecule has 2 nitrogen and oxygen atoms in total. The minimum absolute atomic E-state index is 0.368. The molecular weight excluding hydrogens is 198 g/mol. The average molecular weight is 219 g/mol. The van der Waals surface area contributed by atoms with Gasteiger partial charge >= 0.3 is 0 Å². The van der Waals surface area contributed by atoms with E-state index in [1.54, 1.807) is 0 Å². The molecule has 2 rings (SSSR count). The lowest BCUT2D eigenvalue weighted by Crippen LogP contribution is -2.20. The summed E-state index contributed by atoms with van der Waals surface area (Å²) in [7, 11) is 0. The lowest BCUT2D eigenvalue weighted by atomic mass is 9.79. The molecule has 0 radical (unpaired) electrons. The largest absolute Gasteiger partial charge is 0.387 e. The fraction of sp³-hybridized carbons (Fsp3) is 0.643. The number of aromatic nitrogens is 1. The Morgan fingerprint density at radius 1 is 1.25 bits per heavy atom. The van der Waals surface area contributed by atoms with Crippen LogP contribution in [0.3, 0.4) is 0 Å². The van der Waals surface area contributed by atoms with Gasteiger partial charge in [-0.3, -0.25) is 4.98 Å². The van der Waals surface area contributed by atoms with Crippen LogP contribution in [0, 0.1) is 18.8 Å². The zero-order valence-electron chi connectivity index (χ0n) is 10.2. The van der Waals surface area contributed by atoms with Gasteiger partial charge in [0, 0.05) is 5.69 Å². The zero-order chi connectivity index (χ0) is 11.5. The standard InChI is InChI=1S/C14H21NO/c1-10-6-8-12(9-7-10)14(16)13-5-3-4-11(2)15-13/h3-5,10,12,14,16H,6-9H2,1-2H3. The molecule has 1 aliphatic carbocycles. The minimum Gasteiger partial charge on any atom is -0.387 e. The number of rotatable bonds is 2. The van der Waals surface area contributed by atoms with E-state index in [4.69, 9.17) is 0 Å². The molecule has 16 heavy (non-hydrogen) atoms. The Balaban J connectivity index is 2.04. The average Bonchev–Trinajstić information content (AvgIpc) is 2.29. The van der Waals surface area contributed by atoms with Gasteiger partial charge in [0.05, 0.1) is 11.8 Å². The number of aliphatic hydroxyl groups excluding tert-OH is 1. The van der Waals surface area contributed by atoms with Crippen LogP contribution in [0.2, 0.25) is 0 Å². The summed E-state index contributed by atoms with van der Waals surface area (Å²) in [6.45, 7) is 4.27. The van der Waals surface area contributed by atoms with Crippen LogP contribution in [0.5, 0.6) is 0 Å². The third-order valence-electron chi connectivity index (χ3n) is 3.72. The van der Waals surface area contributed by atoms with Gasteiger partial charge in [0.15, 0.2) is 0 Å².